The van der Waals surface area contributed by atoms with Crippen LogP contribution in [-0.2, 0) is 14.8 Å². The van der Waals surface area contributed by atoms with Crippen molar-refractivity contribution in [3.8, 4) is 11.5 Å². The van der Waals surface area contributed by atoms with Crippen LogP contribution in [0, 0.1) is 6.92 Å². The van der Waals surface area contributed by atoms with Crippen molar-refractivity contribution in [1.29, 1.82) is 0 Å². The highest BCUT2D eigenvalue weighted by molar-refractivity contribution is 7.92. The van der Waals surface area contributed by atoms with Crippen molar-refractivity contribution in [3.63, 3.8) is 0 Å². The second kappa shape index (κ2) is 11.0. The SMILES string of the molecule is Cc1ccc(S(=O)(=O)N(CC(=O)Nc2cc(Cl)ccc2Oc2ccccc2)c2cccc(Cl)c2)cc1. The minimum atomic E-state index is -4.09. The summed E-state index contributed by atoms with van der Waals surface area (Å²) < 4.78 is 34.0. The lowest BCUT2D eigenvalue weighted by atomic mass is 10.2. The lowest BCUT2D eigenvalue weighted by Crippen LogP contribution is -2.38. The van der Waals surface area contributed by atoms with Gasteiger partial charge in [0.1, 0.15) is 12.3 Å². The average molecular weight is 541 g/mol. The Balaban J connectivity index is 1.64. The highest BCUT2D eigenvalue weighted by atomic mass is 35.5. The van der Waals surface area contributed by atoms with Gasteiger partial charge in [-0.05, 0) is 67.6 Å². The standard InChI is InChI=1S/C27H22Cl2N2O4S/c1-19-10-13-24(14-11-19)36(33,34)31(22-7-5-6-20(28)16-22)18-27(32)30-25-17-21(29)12-15-26(25)35-23-8-3-2-4-9-23/h2-17H,18H2,1H3,(H,30,32). The third-order valence-corrected chi connectivity index (χ3v) is 7.44. The van der Waals surface area contributed by atoms with Crippen molar-refractivity contribution in [3.05, 3.63) is 113 Å². The van der Waals surface area contributed by atoms with Crippen LogP contribution in [-0.4, -0.2) is 20.9 Å². The molecule has 9 heteroatoms. The van der Waals surface area contributed by atoms with E-state index in [0.717, 1.165) is 9.87 Å². The van der Waals surface area contributed by atoms with Crippen LogP contribution in [0.4, 0.5) is 11.4 Å². The molecule has 0 aliphatic rings. The molecule has 4 aromatic rings. The number of nitrogens with one attached hydrogen (secondary N) is 1. The monoisotopic (exact) mass is 540 g/mol. The Morgan fingerprint density at radius 3 is 2.25 bits per heavy atom. The molecule has 6 nitrogen and oxygen atoms in total. The molecule has 0 aliphatic heterocycles. The zero-order valence-electron chi connectivity index (χ0n) is 19.2. The van der Waals surface area contributed by atoms with Crippen LogP contribution in [0.1, 0.15) is 5.56 Å². The smallest absolute Gasteiger partial charge is 0.264 e. The molecule has 0 saturated carbocycles. The van der Waals surface area contributed by atoms with Crippen molar-refractivity contribution in [2.75, 3.05) is 16.2 Å². The molecular formula is C27H22Cl2N2O4S. The molecule has 1 amide bonds. The van der Waals surface area contributed by atoms with E-state index in [2.05, 4.69) is 5.32 Å². The Morgan fingerprint density at radius 1 is 0.861 bits per heavy atom. The molecule has 184 valence electrons. The number of hydrogen-bond donors (Lipinski definition) is 1. The summed E-state index contributed by atoms with van der Waals surface area (Å²) in [5, 5.41) is 3.45. The number of sulfonamides is 1. The molecule has 0 saturated heterocycles. The first-order chi connectivity index (χ1) is 17.2. The van der Waals surface area contributed by atoms with E-state index in [-0.39, 0.29) is 10.6 Å². The van der Waals surface area contributed by atoms with E-state index in [1.807, 2.05) is 25.1 Å². The van der Waals surface area contributed by atoms with Gasteiger partial charge < -0.3 is 10.1 Å². The summed E-state index contributed by atoms with van der Waals surface area (Å²) in [5.74, 6) is 0.332. The number of para-hydroxylation sites is 1. The van der Waals surface area contributed by atoms with E-state index < -0.39 is 22.5 Å². The molecule has 0 bridgehead atoms. The molecule has 0 fully saturated rings. The maximum Gasteiger partial charge on any atom is 0.264 e. The third-order valence-electron chi connectivity index (χ3n) is 5.18. The van der Waals surface area contributed by atoms with Crippen molar-refractivity contribution in [2.45, 2.75) is 11.8 Å². The summed E-state index contributed by atoms with van der Waals surface area (Å²) in [6.07, 6.45) is 0. The molecule has 0 unspecified atom stereocenters. The first-order valence-electron chi connectivity index (χ1n) is 10.9. The molecule has 0 aromatic heterocycles. The van der Waals surface area contributed by atoms with Crippen LogP contribution >= 0.6 is 23.2 Å². The van der Waals surface area contributed by atoms with Crippen LogP contribution in [0.15, 0.2) is 102 Å². The zero-order chi connectivity index (χ0) is 25.7. The molecule has 4 rings (SSSR count). The first-order valence-corrected chi connectivity index (χ1v) is 13.1. The molecule has 0 radical (unpaired) electrons. The molecule has 0 spiro atoms. The van der Waals surface area contributed by atoms with Gasteiger partial charge in [0.25, 0.3) is 10.0 Å². The van der Waals surface area contributed by atoms with Gasteiger partial charge in [0.2, 0.25) is 5.91 Å². The van der Waals surface area contributed by atoms with Gasteiger partial charge in [-0.15, -0.1) is 0 Å². The fourth-order valence-corrected chi connectivity index (χ4v) is 5.18. The highest BCUT2D eigenvalue weighted by Gasteiger charge is 2.28. The number of carbonyl (C=O) groups excluding carboxylic acids is 1. The van der Waals surface area contributed by atoms with E-state index in [4.69, 9.17) is 27.9 Å². The zero-order valence-corrected chi connectivity index (χ0v) is 21.5. The van der Waals surface area contributed by atoms with Gasteiger partial charge in [0.15, 0.2) is 5.75 Å². The van der Waals surface area contributed by atoms with E-state index >= 15 is 0 Å². The number of rotatable bonds is 8. The van der Waals surface area contributed by atoms with E-state index in [0.29, 0.717) is 27.2 Å². The first kappa shape index (κ1) is 25.6. The number of carbonyl (C=O) groups is 1. The number of halogens is 2. The largest absolute Gasteiger partial charge is 0.455 e. The van der Waals surface area contributed by atoms with Gasteiger partial charge in [-0.3, -0.25) is 9.10 Å². The summed E-state index contributed by atoms with van der Waals surface area (Å²) >= 11 is 12.3. The van der Waals surface area contributed by atoms with Gasteiger partial charge in [-0.2, -0.15) is 0 Å². The fourth-order valence-electron chi connectivity index (χ4n) is 3.41. The van der Waals surface area contributed by atoms with E-state index in [1.165, 1.54) is 24.3 Å². The van der Waals surface area contributed by atoms with Gasteiger partial charge in [-0.1, -0.05) is 65.2 Å². The minimum Gasteiger partial charge on any atom is -0.455 e. The van der Waals surface area contributed by atoms with Crippen LogP contribution < -0.4 is 14.4 Å². The van der Waals surface area contributed by atoms with E-state index in [9.17, 15) is 13.2 Å². The summed E-state index contributed by atoms with van der Waals surface area (Å²) in [6.45, 7) is 1.35. The quantitative estimate of drug-likeness (QED) is 0.263. The molecule has 0 atom stereocenters. The summed E-state index contributed by atoms with van der Waals surface area (Å²) in [4.78, 5) is 13.2. The molecule has 1 N–H and O–H groups in total. The predicted octanol–water partition coefficient (Wildman–Crippen LogP) is 6.93. The van der Waals surface area contributed by atoms with Crippen molar-refractivity contribution < 1.29 is 17.9 Å². The number of anilines is 2. The van der Waals surface area contributed by atoms with Gasteiger partial charge in [0, 0.05) is 10.0 Å². The van der Waals surface area contributed by atoms with Crippen molar-refractivity contribution in [1.82, 2.24) is 0 Å². The highest BCUT2D eigenvalue weighted by Crippen LogP contribution is 2.32. The number of hydrogen-bond acceptors (Lipinski definition) is 4. The van der Waals surface area contributed by atoms with Crippen LogP contribution in [0.5, 0.6) is 11.5 Å². The normalized spacial score (nSPS) is 11.1. The van der Waals surface area contributed by atoms with Gasteiger partial charge in [0.05, 0.1) is 16.3 Å². The Morgan fingerprint density at radius 2 is 1.56 bits per heavy atom. The summed E-state index contributed by atoms with van der Waals surface area (Å²) in [5.41, 5.74) is 1.47. The van der Waals surface area contributed by atoms with Crippen LogP contribution in [0.2, 0.25) is 10.0 Å². The Labute approximate surface area is 220 Å². The van der Waals surface area contributed by atoms with E-state index in [1.54, 1.807) is 54.6 Å². The molecule has 36 heavy (non-hydrogen) atoms. The number of aryl methyl sites for hydroxylation is 1. The predicted molar refractivity (Wildman–Crippen MR) is 144 cm³/mol. The Kier molecular flexibility index (Phi) is 7.84. The van der Waals surface area contributed by atoms with Gasteiger partial charge in [-0.25, -0.2) is 8.42 Å². The van der Waals surface area contributed by atoms with Crippen molar-refractivity contribution in [2.24, 2.45) is 0 Å². The number of benzene rings is 4. The number of amides is 1. The van der Waals surface area contributed by atoms with Crippen LogP contribution in [0.3, 0.4) is 0 Å². The summed E-state index contributed by atoms with van der Waals surface area (Å²) in [7, 11) is -4.09. The lowest BCUT2D eigenvalue weighted by Gasteiger charge is -2.24. The Hall–Kier alpha value is -3.52. The summed E-state index contributed by atoms with van der Waals surface area (Å²) in [6, 6.07) is 26.6. The third kappa shape index (κ3) is 6.18. The number of ether oxygens (including phenoxy) is 1. The molecule has 4 aromatic carbocycles. The fraction of sp³-hybridized carbons (Fsp3) is 0.0741. The second-order valence-electron chi connectivity index (χ2n) is 7.91. The maximum atomic E-state index is 13.6. The van der Waals surface area contributed by atoms with Gasteiger partial charge >= 0.3 is 0 Å². The second-order valence-corrected chi connectivity index (χ2v) is 10.6. The molecular weight excluding hydrogens is 519 g/mol. The minimum absolute atomic E-state index is 0.0525. The van der Waals surface area contributed by atoms with Crippen LogP contribution in [0.25, 0.3) is 0 Å². The van der Waals surface area contributed by atoms with Crippen molar-refractivity contribution >= 4 is 50.5 Å². The average Bonchev–Trinajstić information content (AvgIpc) is 2.85. The lowest BCUT2D eigenvalue weighted by molar-refractivity contribution is -0.114. The molecule has 0 heterocycles. The maximum absolute atomic E-state index is 13.6. The number of nitrogens with zero attached hydrogens (tertiary/aromatic N) is 1. The topological polar surface area (TPSA) is 75.7 Å². The Bertz CT molecular complexity index is 1480. The molecule has 0 aliphatic carbocycles.